The number of hydrogen-bond acceptors (Lipinski definition) is 3. The molecule has 0 heterocycles. The van der Waals surface area contributed by atoms with E-state index >= 15 is 0 Å². The highest BCUT2D eigenvalue weighted by Crippen LogP contribution is 2.02. The normalized spacial score (nSPS) is 13.9. The van der Waals surface area contributed by atoms with Crippen LogP contribution in [0.25, 0.3) is 0 Å². The van der Waals surface area contributed by atoms with Crippen LogP contribution in [0.5, 0.6) is 0 Å². The number of carbonyl (C=O) groups is 2. The molecule has 2 amide bonds. The second kappa shape index (κ2) is 7.89. The SMILES string of the molecule is CCOC(C)CNC(=O)N(C)C(CC)C(=O)O. The van der Waals surface area contributed by atoms with Crippen molar-refractivity contribution >= 4 is 12.0 Å². The van der Waals surface area contributed by atoms with Gasteiger partial charge in [-0.3, -0.25) is 0 Å². The molecule has 0 aliphatic heterocycles. The van der Waals surface area contributed by atoms with Gasteiger partial charge in [-0.15, -0.1) is 0 Å². The molecule has 2 atom stereocenters. The Labute approximate surface area is 102 Å². The number of urea groups is 1. The van der Waals surface area contributed by atoms with Crippen molar-refractivity contribution in [2.75, 3.05) is 20.2 Å². The molecule has 2 N–H and O–H groups in total. The quantitative estimate of drug-likeness (QED) is 0.700. The average molecular weight is 246 g/mol. The highest BCUT2D eigenvalue weighted by molar-refractivity contribution is 5.82. The van der Waals surface area contributed by atoms with E-state index in [4.69, 9.17) is 9.84 Å². The molecule has 0 spiro atoms. The van der Waals surface area contributed by atoms with Crippen molar-refractivity contribution in [1.29, 1.82) is 0 Å². The van der Waals surface area contributed by atoms with Crippen LogP contribution in [-0.4, -0.2) is 54.4 Å². The number of ether oxygens (including phenoxy) is 1. The minimum Gasteiger partial charge on any atom is -0.480 e. The summed E-state index contributed by atoms with van der Waals surface area (Å²) in [7, 11) is 1.48. The maximum atomic E-state index is 11.7. The van der Waals surface area contributed by atoms with Gasteiger partial charge in [0, 0.05) is 20.2 Å². The molecule has 6 nitrogen and oxygen atoms in total. The zero-order valence-electron chi connectivity index (χ0n) is 10.9. The molecule has 2 unspecified atom stereocenters. The van der Waals surface area contributed by atoms with Crippen LogP contribution < -0.4 is 5.32 Å². The predicted molar refractivity (Wildman–Crippen MR) is 64.0 cm³/mol. The number of rotatable bonds is 7. The molecule has 0 aliphatic rings. The number of hydrogen-bond donors (Lipinski definition) is 2. The van der Waals surface area contributed by atoms with Gasteiger partial charge in [0.1, 0.15) is 6.04 Å². The Morgan fingerprint density at radius 3 is 2.41 bits per heavy atom. The van der Waals surface area contributed by atoms with E-state index in [2.05, 4.69) is 5.32 Å². The predicted octanol–water partition coefficient (Wildman–Crippen LogP) is 0.916. The van der Waals surface area contributed by atoms with Gasteiger partial charge < -0.3 is 20.1 Å². The Morgan fingerprint density at radius 2 is 2.00 bits per heavy atom. The molecule has 0 saturated heterocycles. The number of likely N-dealkylation sites (N-methyl/N-ethyl adjacent to an activating group) is 1. The van der Waals surface area contributed by atoms with Crippen LogP contribution in [-0.2, 0) is 9.53 Å². The zero-order valence-corrected chi connectivity index (χ0v) is 10.9. The first-order valence-corrected chi connectivity index (χ1v) is 5.79. The van der Waals surface area contributed by atoms with Crippen LogP contribution in [0.4, 0.5) is 4.79 Å². The van der Waals surface area contributed by atoms with Gasteiger partial charge in [0.15, 0.2) is 0 Å². The Hall–Kier alpha value is -1.30. The smallest absolute Gasteiger partial charge is 0.326 e. The summed E-state index contributed by atoms with van der Waals surface area (Å²) in [5.74, 6) is -0.997. The molecular weight excluding hydrogens is 224 g/mol. The number of aliphatic carboxylic acids is 1. The van der Waals surface area contributed by atoms with Gasteiger partial charge in [-0.1, -0.05) is 6.92 Å². The Balaban J connectivity index is 4.17. The van der Waals surface area contributed by atoms with E-state index in [1.807, 2.05) is 13.8 Å². The number of carboxylic acid groups (broad SMARTS) is 1. The molecule has 0 aromatic rings. The van der Waals surface area contributed by atoms with Crippen LogP contribution in [0, 0.1) is 0 Å². The minimum absolute atomic E-state index is 0.0812. The van der Waals surface area contributed by atoms with Crippen molar-refractivity contribution in [2.45, 2.75) is 39.3 Å². The maximum Gasteiger partial charge on any atom is 0.326 e. The molecular formula is C11H22N2O4. The summed E-state index contributed by atoms with van der Waals surface area (Å²) in [5.41, 5.74) is 0. The lowest BCUT2D eigenvalue weighted by Crippen LogP contribution is -2.48. The summed E-state index contributed by atoms with van der Waals surface area (Å²) in [5, 5.41) is 11.5. The first kappa shape index (κ1) is 15.7. The van der Waals surface area contributed by atoms with Gasteiger partial charge in [-0.25, -0.2) is 9.59 Å². The number of nitrogens with one attached hydrogen (secondary N) is 1. The molecule has 0 rings (SSSR count). The van der Waals surface area contributed by atoms with Crippen molar-refractivity contribution in [1.82, 2.24) is 10.2 Å². The summed E-state index contributed by atoms with van der Waals surface area (Å²) < 4.78 is 5.26. The van der Waals surface area contributed by atoms with Crippen LogP contribution in [0.1, 0.15) is 27.2 Å². The van der Waals surface area contributed by atoms with Gasteiger partial charge in [0.05, 0.1) is 6.10 Å². The number of carboxylic acids is 1. The highest BCUT2D eigenvalue weighted by atomic mass is 16.5. The third-order valence-corrected chi connectivity index (χ3v) is 2.45. The molecule has 0 radical (unpaired) electrons. The van der Waals surface area contributed by atoms with E-state index in [0.717, 1.165) is 0 Å². The molecule has 100 valence electrons. The monoisotopic (exact) mass is 246 g/mol. The first-order valence-electron chi connectivity index (χ1n) is 5.79. The standard InChI is InChI=1S/C11H22N2O4/c1-5-9(10(14)15)13(4)11(16)12-7-8(3)17-6-2/h8-9H,5-7H2,1-4H3,(H,12,16)(H,14,15). The van der Waals surface area contributed by atoms with E-state index in [1.54, 1.807) is 6.92 Å². The summed E-state index contributed by atoms with van der Waals surface area (Å²) in [6.07, 6.45) is 0.294. The number of carbonyl (C=O) groups excluding carboxylic acids is 1. The third-order valence-electron chi connectivity index (χ3n) is 2.45. The third kappa shape index (κ3) is 5.53. The van der Waals surface area contributed by atoms with Crippen LogP contribution in [0.15, 0.2) is 0 Å². The zero-order chi connectivity index (χ0) is 13.4. The summed E-state index contributed by atoms with van der Waals surface area (Å²) in [4.78, 5) is 23.7. The lowest BCUT2D eigenvalue weighted by atomic mass is 10.2. The van der Waals surface area contributed by atoms with Crippen LogP contribution >= 0.6 is 0 Å². The molecule has 0 aromatic carbocycles. The van der Waals surface area contributed by atoms with Gasteiger partial charge >= 0.3 is 12.0 Å². The highest BCUT2D eigenvalue weighted by Gasteiger charge is 2.24. The van der Waals surface area contributed by atoms with Crippen molar-refractivity contribution in [3.05, 3.63) is 0 Å². The van der Waals surface area contributed by atoms with Crippen molar-refractivity contribution in [3.8, 4) is 0 Å². The van der Waals surface area contributed by atoms with Crippen molar-refractivity contribution < 1.29 is 19.4 Å². The summed E-state index contributed by atoms with van der Waals surface area (Å²) >= 11 is 0. The second-order valence-corrected chi connectivity index (χ2v) is 3.83. The van der Waals surface area contributed by atoms with E-state index < -0.39 is 18.0 Å². The fraction of sp³-hybridized carbons (Fsp3) is 0.818. The lowest BCUT2D eigenvalue weighted by molar-refractivity contribution is -0.141. The van der Waals surface area contributed by atoms with Gasteiger partial charge in [0.25, 0.3) is 0 Å². The maximum absolute atomic E-state index is 11.7. The Bertz CT molecular complexity index is 258. The van der Waals surface area contributed by atoms with E-state index in [-0.39, 0.29) is 6.10 Å². The molecule has 0 aromatic heterocycles. The van der Waals surface area contributed by atoms with Crippen LogP contribution in [0.2, 0.25) is 0 Å². The first-order chi connectivity index (χ1) is 7.93. The Morgan fingerprint density at radius 1 is 1.41 bits per heavy atom. The van der Waals surface area contributed by atoms with Crippen LogP contribution in [0.3, 0.4) is 0 Å². The van der Waals surface area contributed by atoms with Gasteiger partial charge in [-0.2, -0.15) is 0 Å². The Kier molecular flexibility index (Phi) is 7.29. The largest absolute Gasteiger partial charge is 0.480 e. The topological polar surface area (TPSA) is 78.9 Å². The lowest BCUT2D eigenvalue weighted by Gasteiger charge is -2.24. The van der Waals surface area contributed by atoms with Gasteiger partial charge in [-0.05, 0) is 20.3 Å². The molecule has 17 heavy (non-hydrogen) atoms. The molecule has 0 bridgehead atoms. The second-order valence-electron chi connectivity index (χ2n) is 3.83. The van der Waals surface area contributed by atoms with Crippen molar-refractivity contribution in [3.63, 3.8) is 0 Å². The summed E-state index contributed by atoms with van der Waals surface area (Å²) in [6.45, 7) is 6.40. The fourth-order valence-electron chi connectivity index (χ4n) is 1.45. The molecule has 0 saturated carbocycles. The fourth-order valence-corrected chi connectivity index (χ4v) is 1.45. The van der Waals surface area contributed by atoms with Gasteiger partial charge in [0.2, 0.25) is 0 Å². The van der Waals surface area contributed by atoms with E-state index in [0.29, 0.717) is 19.6 Å². The molecule has 6 heteroatoms. The minimum atomic E-state index is -0.997. The van der Waals surface area contributed by atoms with Crippen molar-refractivity contribution in [2.24, 2.45) is 0 Å². The summed E-state index contributed by atoms with van der Waals surface area (Å²) in [6, 6.07) is -1.19. The van der Waals surface area contributed by atoms with E-state index in [9.17, 15) is 9.59 Å². The molecule has 0 aliphatic carbocycles. The average Bonchev–Trinajstić information content (AvgIpc) is 2.26. The number of amides is 2. The van der Waals surface area contributed by atoms with E-state index in [1.165, 1.54) is 11.9 Å². The molecule has 0 fully saturated rings. The number of nitrogens with zero attached hydrogens (tertiary/aromatic N) is 1.